The van der Waals surface area contributed by atoms with Gasteiger partial charge in [0.1, 0.15) is 5.75 Å². The maximum atomic E-state index is 5.50. The van der Waals surface area contributed by atoms with Gasteiger partial charge in [-0.25, -0.2) is 0 Å². The molecule has 1 aromatic heterocycles. The van der Waals surface area contributed by atoms with Gasteiger partial charge in [0.25, 0.3) is 0 Å². The molecule has 3 nitrogen and oxygen atoms in total. The highest BCUT2D eigenvalue weighted by Crippen LogP contribution is 2.28. The van der Waals surface area contributed by atoms with E-state index in [-0.39, 0.29) is 0 Å². The van der Waals surface area contributed by atoms with Crippen molar-refractivity contribution in [3.8, 4) is 5.75 Å². The van der Waals surface area contributed by atoms with Crippen LogP contribution in [0.2, 0.25) is 0 Å². The van der Waals surface area contributed by atoms with Crippen molar-refractivity contribution in [2.75, 3.05) is 13.7 Å². The third-order valence-electron chi connectivity index (χ3n) is 3.24. The van der Waals surface area contributed by atoms with Crippen molar-refractivity contribution in [2.24, 2.45) is 5.92 Å². The van der Waals surface area contributed by atoms with Crippen molar-refractivity contribution >= 4 is 0 Å². The molecule has 1 aromatic rings. The Bertz CT molecular complexity index is 324. The molecule has 1 heterocycles. The average Bonchev–Trinajstić information content (AvgIpc) is 2.36. The molecule has 1 rings (SSSR count). The first-order valence-corrected chi connectivity index (χ1v) is 6.51. The summed E-state index contributed by atoms with van der Waals surface area (Å²) in [5.41, 5.74) is 1.21. The number of rotatable bonds is 7. The molecule has 0 bridgehead atoms. The lowest BCUT2D eigenvalue weighted by Crippen LogP contribution is -2.24. The van der Waals surface area contributed by atoms with Crippen molar-refractivity contribution < 1.29 is 4.74 Å². The molecular formula is C14H24N2O. The first-order valence-electron chi connectivity index (χ1n) is 6.51. The zero-order valence-corrected chi connectivity index (χ0v) is 11.4. The number of aromatic nitrogens is 1. The summed E-state index contributed by atoms with van der Waals surface area (Å²) in [6.45, 7) is 7.14. The van der Waals surface area contributed by atoms with Crippen molar-refractivity contribution in [3.05, 3.63) is 24.0 Å². The summed E-state index contributed by atoms with van der Waals surface area (Å²) in [5.74, 6) is 1.50. The molecule has 3 heteroatoms. The molecule has 0 aliphatic carbocycles. The van der Waals surface area contributed by atoms with Crippen molar-refractivity contribution in [1.29, 1.82) is 0 Å². The minimum Gasteiger partial charge on any atom is -0.492 e. The lowest BCUT2D eigenvalue weighted by atomic mass is 9.90. The van der Waals surface area contributed by atoms with E-state index in [4.69, 9.17) is 4.74 Å². The second kappa shape index (κ2) is 7.28. The molecule has 0 fully saturated rings. The molecule has 0 amide bonds. The molecule has 0 aromatic carbocycles. The molecule has 1 unspecified atom stereocenters. The number of ether oxygens (including phenoxy) is 1. The van der Waals surface area contributed by atoms with Crippen LogP contribution in [0.25, 0.3) is 0 Å². The fraction of sp³-hybridized carbons (Fsp3) is 0.643. The Labute approximate surface area is 105 Å². The van der Waals surface area contributed by atoms with Crippen LogP contribution in [0.3, 0.4) is 0 Å². The van der Waals surface area contributed by atoms with E-state index in [1.807, 2.05) is 20.2 Å². The zero-order chi connectivity index (χ0) is 12.7. The minimum absolute atomic E-state index is 0.359. The highest BCUT2D eigenvalue weighted by molar-refractivity contribution is 5.26. The largest absolute Gasteiger partial charge is 0.492 e. The monoisotopic (exact) mass is 236 g/mol. The van der Waals surface area contributed by atoms with Gasteiger partial charge in [0.05, 0.1) is 12.8 Å². The summed E-state index contributed by atoms with van der Waals surface area (Å²) < 4.78 is 5.50. The quantitative estimate of drug-likeness (QED) is 0.789. The van der Waals surface area contributed by atoms with Crippen LogP contribution in [-0.4, -0.2) is 18.6 Å². The van der Waals surface area contributed by atoms with Gasteiger partial charge in [-0.15, -0.1) is 0 Å². The molecule has 96 valence electrons. The highest BCUT2D eigenvalue weighted by atomic mass is 16.5. The first-order chi connectivity index (χ1) is 8.26. The summed E-state index contributed by atoms with van der Waals surface area (Å²) in [6.07, 6.45) is 6.04. The van der Waals surface area contributed by atoms with Crippen LogP contribution in [0.5, 0.6) is 5.75 Å². The van der Waals surface area contributed by atoms with Crippen LogP contribution in [0.15, 0.2) is 18.5 Å². The second-order valence-corrected chi connectivity index (χ2v) is 4.23. The van der Waals surface area contributed by atoms with Crippen LogP contribution in [0.1, 0.15) is 45.2 Å². The number of pyridine rings is 1. The molecule has 0 spiro atoms. The molecule has 0 radical (unpaired) electrons. The third-order valence-corrected chi connectivity index (χ3v) is 3.24. The molecule has 0 aliphatic heterocycles. The molecule has 17 heavy (non-hydrogen) atoms. The summed E-state index contributed by atoms with van der Waals surface area (Å²) in [5, 5.41) is 3.39. The van der Waals surface area contributed by atoms with Gasteiger partial charge in [-0.05, 0) is 31.5 Å². The Hall–Kier alpha value is -1.09. The lowest BCUT2D eigenvalue weighted by molar-refractivity contribution is 0.332. The van der Waals surface area contributed by atoms with Gasteiger partial charge >= 0.3 is 0 Å². The summed E-state index contributed by atoms with van der Waals surface area (Å²) in [7, 11) is 2.01. The minimum atomic E-state index is 0.359. The van der Waals surface area contributed by atoms with Crippen LogP contribution in [0.4, 0.5) is 0 Å². The van der Waals surface area contributed by atoms with Crippen LogP contribution >= 0.6 is 0 Å². The molecule has 1 N–H and O–H groups in total. The van der Waals surface area contributed by atoms with Gasteiger partial charge < -0.3 is 10.1 Å². The predicted molar refractivity (Wildman–Crippen MR) is 71.3 cm³/mol. The van der Waals surface area contributed by atoms with Gasteiger partial charge in [0.15, 0.2) is 0 Å². The van der Waals surface area contributed by atoms with Crippen molar-refractivity contribution in [1.82, 2.24) is 10.3 Å². The van der Waals surface area contributed by atoms with Gasteiger partial charge in [-0.1, -0.05) is 26.7 Å². The highest BCUT2D eigenvalue weighted by Gasteiger charge is 2.19. The first kappa shape index (κ1) is 14.0. The SMILES string of the molecule is CCOc1cncc(C(NC)C(CC)CC)c1. The predicted octanol–water partition coefficient (Wildman–Crippen LogP) is 3.18. The smallest absolute Gasteiger partial charge is 0.137 e. The average molecular weight is 236 g/mol. The molecular weight excluding hydrogens is 212 g/mol. The summed E-state index contributed by atoms with van der Waals surface area (Å²) in [4.78, 5) is 4.26. The summed E-state index contributed by atoms with van der Waals surface area (Å²) in [6, 6.07) is 2.45. The van der Waals surface area contributed by atoms with E-state index in [1.165, 1.54) is 18.4 Å². The van der Waals surface area contributed by atoms with Gasteiger partial charge in [-0.3, -0.25) is 4.98 Å². The van der Waals surface area contributed by atoms with E-state index in [0.717, 1.165) is 5.75 Å². The number of nitrogens with zero attached hydrogens (tertiary/aromatic N) is 1. The van der Waals surface area contributed by atoms with E-state index in [9.17, 15) is 0 Å². The number of hydrogen-bond donors (Lipinski definition) is 1. The third kappa shape index (κ3) is 3.70. The van der Waals surface area contributed by atoms with Crippen LogP contribution in [-0.2, 0) is 0 Å². The van der Waals surface area contributed by atoms with E-state index >= 15 is 0 Å². The number of nitrogens with one attached hydrogen (secondary N) is 1. The van der Waals surface area contributed by atoms with Gasteiger partial charge in [0.2, 0.25) is 0 Å². The van der Waals surface area contributed by atoms with Crippen LogP contribution < -0.4 is 10.1 Å². The van der Waals surface area contributed by atoms with E-state index in [2.05, 4.69) is 30.2 Å². The maximum absolute atomic E-state index is 5.50. The van der Waals surface area contributed by atoms with Crippen LogP contribution in [0, 0.1) is 5.92 Å². The fourth-order valence-corrected chi connectivity index (χ4v) is 2.29. The molecule has 1 atom stereocenters. The maximum Gasteiger partial charge on any atom is 0.137 e. The standard InChI is InChI=1S/C14H24N2O/c1-5-11(6-2)14(15-4)12-8-13(17-7-3)10-16-9-12/h8-11,14-15H,5-7H2,1-4H3. The molecule has 0 aliphatic rings. The van der Waals surface area contributed by atoms with Gasteiger partial charge in [-0.2, -0.15) is 0 Å². The Morgan fingerprint density at radius 3 is 2.47 bits per heavy atom. The van der Waals surface area contributed by atoms with E-state index < -0.39 is 0 Å². The molecule has 0 saturated heterocycles. The lowest BCUT2D eigenvalue weighted by Gasteiger charge is -2.25. The summed E-state index contributed by atoms with van der Waals surface area (Å²) >= 11 is 0. The number of hydrogen-bond acceptors (Lipinski definition) is 3. The Balaban J connectivity index is 2.90. The van der Waals surface area contributed by atoms with Crippen molar-refractivity contribution in [2.45, 2.75) is 39.7 Å². The molecule has 0 saturated carbocycles. The van der Waals surface area contributed by atoms with Gasteiger partial charge in [0, 0.05) is 12.2 Å². The van der Waals surface area contributed by atoms with Crippen molar-refractivity contribution in [3.63, 3.8) is 0 Å². The normalized spacial score (nSPS) is 12.8. The zero-order valence-electron chi connectivity index (χ0n) is 11.4. The Morgan fingerprint density at radius 1 is 1.24 bits per heavy atom. The Kier molecular flexibility index (Phi) is 5.98. The second-order valence-electron chi connectivity index (χ2n) is 4.23. The fourth-order valence-electron chi connectivity index (χ4n) is 2.29. The van der Waals surface area contributed by atoms with E-state index in [1.54, 1.807) is 6.20 Å². The van der Waals surface area contributed by atoms with E-state index in [0.29, 0.717) is 18.6 Å². The topological polar surface area (TPSA) is 34.1 Å². The Morgan fingerprint density at radius 2 is 1.94 bits per heavy atom.